The monoisotopic (exact) mass is 1200 g/mol. The van der Waals surface area contributed by atoms with E-state index in [-0.39, 0.29) is 75.2 Å². The number of alkyl carbamates (subject to hydrolysis) is 2. The van der Waals surface area contributed by atoms with E-state index in [0.717, 1.165) is 22.3 Å². The lowest BCUT2D eigenvalue weighted by molar-refractivity contribution is -0.142. The highest BCUT2D eigenvalue weighted by molar-refractivity contribution is 7.86. The van der Waals surface area contributed by atoms with Crippen molar-refractivity contribution in [1.29, 1.82) is 0 Å². The minimum absolute atomic E-state index is 0.0240. The lowest BCUT2D eigenvalue weighted by Crippen LogP contribution is -2.55. The molecule has 0 heterocycles. The number of ether oxygens (including phenoxy) is 2. The maximum Gasteiger partial charge on any atom is 0.408 e. The molecule has 0 aliphatic rings. The lowest BCUT2D eigenvalue weighted by atomic mass is 10.0. The Morgan fingerprint density at radius 1 is 0.470 bits per heavy atom. The van der Waals surface area contributed by atoms with Gasteiger partial charge < -0.3 is 46.9 Å². The molecule has 23 heteroatoms. The van der Waals surface area contributed by atoms with Crippen LogP contribution in [0.15, 0.2) is 121 Å². The van der Waals surface area contributed by atoms with E-state index in [1.165, 1.54) is 0 Å². The number of hydrogen-bond acceptors (Lipinski definition) is 15. The summed E-state index contributed by atoms with van der Waals surface area (Å²) >= 11 is 0. The predicted molar refractivity (Wildman–Crippen MR) is 319 cm³/mol. The number of carbonyl (C=O) groups excluding carboxylic acids is 5. The minimum Gasteiger partial charge on any atom is -0.480 e. The third-order valence-corrected chi connectivity index (χ3v) is 13.6. The molecule has 4 atom stereocenters. The fraction of sp³-hybridized carbons (Fsp3) is 0.500. The van der Waals surface area contributed by atoms with Crippen LogP contribution >= 0.6 is 0 Å². The van der Waals surface area contributed by atoms with Gasteiger partial charge in [-0.3, -0.25) is 22.7 Å². The van der Waals surface area contributed by atoms with Crippen molar-refractivity contribution >= 4 is 56.1 Å². The molecule has 0 saturated heterocycles. The molecule has 0 spiro atoms. The number of carboxylic acids is 1. The van der Waals surface area contributed by atoms with Crippen LogP contribution in [0.5, 0.6) is 0 Å². The lowest BCUT2D eigenvalue weighted by Gasteiger charge is -2.25. The Labute approximate surface area is 491 Å². The highest BCUT2D eigenvalue weighted by Crippen LogP contribution is 2.13. The third-order valence-electron chi connectivity index (χ3n) is 11.0. The maximum absolute atomic E-state index is 13.5. The van der Waals surface area contributed by atoms with E-state index < -0.39 is 91.5 Å². The van der Waals surface area contributed by atoms with Gasteiger partial charge in [0.1, 0.15) is 35.4 Å². The molecule has 0 radical (unpaired) electrons. The van der Waals surface area contributed by atoms with E-state index in [1.54, 1.807) is 65.8 Å². The van der Waals surface area contributed by atoms with Crippen LogP contribution < -0.4 is 32.3 Å². The van der Waals surface area contributed by atoms with E-state index in [4.69, 9.17) is 23.6 Å². The average Bonchev–Trinajstić information content (AvgIpc) is 3.42. The van der Waals surface area contributed by atoms with Gasteiger partial charge in [0.25, 0.3) is 20.2 Å². The van der Waals surface area contributed by atoms with Crippen LogP contribution in [-0.4, -0.2) is 131 Å². The summed E-state index contributed by atoms with van der Waals surface area (Å²) in [5.41, 5.74) is 6.92. The second-order valence-electron chi connectivity index (χ2n) is 22.3. The van der Waals surface area contributed by atoms with Gasteiger partial charge in [0.15, 0.2) is 0 Å². The van der Waals surface area contributed by atoms with Crippen molar-refractivity contribution in [2.24, 2.45) is 17.6 Å². The minimum atomic E-state index is -3.70. The fourth-order valence-corrected chi connectivity index (χ4v) is 9.33. The van der Waals surface area contributed by atoms with Gasteiger partial charge >= 0.3 is 18.2 Å². The first kappa shape index (κ1) is 72.2. The summed E-state index contributed by atoms with van der Waals surface area (Å²) in [6.45, 7) is 18.7. The van der Waals surface area contributed by atoms with Crippen LogP contribution in [0.4, 0.5) is 9.59 Å². The zero-order valence-corrected chi connectivity index (χ0v) is 51.2. The van der Waals surface area contributed by atoms with E-state index in [9.17, 15) is 50.7 Å². The SMILES string of the molecule is CC(C)(C)OC(=O)N[C@@H](Cc1ccccc1)C(=O)N[C@@H](Cc1ccccc1)C(=O)O.CC(C)COS(=O)(=O)CCCN.CC(C)COS(=O)(=O)CCCNC(=O)[C@H](Cc1ccccc1)NC(=O)[C@H](Cc1ccccc1)NC(=O)OC(C)(C)C. The zero-order valence-electron chi connectivity index (χ0n) is 49.6. The smallest absolute Gasteiger partial charge is 0.408 e. The summed E-state index contributed by atoms with van der Waals surface area (Å²) in [6.07, 6.45) is -0.184. The summed E-state index contributed by atoms with van der Waals surface area (Å²) in [4.78, 5) is 76.1. The van der Waals surface area contributed by atoms with Gasteiger partial charge in [-0.05, 0) is 95.0 Å². The Balaban J connectivity index is 0.000000487. The molecule has 4 aromatic carbocycles. The molecule has 0 fully saturated rings. The second kappa shape index (κ2) is 36.6. The fourth-order valence-electron chi connectivity index (χ4n) is 7.11. The molecule has 8 N–H and O–H groups in total. The summed E-state index contributed by atoms with van der Waals surface area (Å²) in [6, 6.07) is 32.5. The van der Waals surface area contributed by atoms with E-state index >= 15 is 0 Å². The van der Waals surface area contributed by atoms with Crippen molar-refractivity contribution in [3.8, 4) is 0 Å². The van der Waals surface area contributed by atoms with Crippen LogP contribution in [0, 0.1) is 11.8 Å². The summed E-state index contributed by atoms with van der Waals surface area (Å²) < 4.78 is 66.5. The van der Waals surface area contributed by atoms with Gasteiger partial charge in [-0.1, -0.05) is 149 Å². The van der Waals surface area contributed by atoms with Crippen molar-refractivity contribution < 1.29 is 68.5 Å². The van der Waals surface area contributed by atoms with Crippen LogP contribution in [0.25, 0.3) is 0 Å². The molecule has 0 unspecified atom stereocenters. The van der Waals surface area contributed by atoms with E-state index in [1.807, 2.05) is 125 Å². The standard InChI is InChI=1S/C30H43N3O7S.C23H28N2O5.C7H17NO3S/c1-22(2)21-39-41(37,38)18-12-17-31-27(34)25(19-23-13-8-6-9-14-23)32-28(35)26(20-24-15-10-7-11-16-24)33-29(36)40-30(3,4)5;1-23(2,3)30-22(29)25-18(14-16-10-6-4-7-11-16)20(26)24-19(21(27)28)15-17-12-8-5-9-13-17;1-7(2)6-11-12(9,10)5-3-4-8/h6-11,13-16,22,25-26H,12,17-21H2,1-5H3,(H,31,34)(H,32,35)(H,33,36);4-13,18-19H,14-15H2,1-3H3,(H,24,26)(H,25,29)(H,27,28);7H,3-6,8H2,1-2H3/t25-,26-;18-,19-;/m00./s1. The number of benzene rings is 4. The van der Waals surface area contributed by atoms with E-state index in [2.05, 4.69) is 26.6 Å². The molecule has 83 heavy (non-hydrogen) atoms. The first-order valence-electron chi connectivity index (χ1n) is 27.6. The molecule has 0 aliphatic carbocycles. The second-order valence-corrected chi connectivity index (χ2v) is 25.8. The Hall–Kier alpha value is -6.92. The number of nitrogens with two attached hydrogens (primary N) is 1. The highest BCUT2D eigenvalue weighted by atomic mass is 32.2. The molecule has 0 aliphatic heterocycles. The zero-order chi connectivity index (χ0) is 62.2. The van der Waals surface area contributed by atoms with Crippen LogP contribution in [0.1, 0.15) is 104 Å². The molecule has 0 saturated carbocycles. The molecule has 21 nitrogen and oxygen atoms in total. The molecule has 4 aromatic rings. The van der Waals surface area contributed by atoms with Crippen LogP contribution in [-0.2, 0) is 82.9 Å². The maximum atomic E-state index is 13.5. The Bertz CT molecular complexity index is 2800. The van der Waals surface area contributed by atoms with Gasteiger partial charge in [0, 0.05) is 32.2 Å². The largest absolute Gasteiger partial charge is 0.480 e. The number of rotatable bonds is 29. The van der Waals surface area contributed by atoms with Crippen LogP contribution in [0.3, 0.4) is 0 Å². The number of nitrogens with one attached hydrogen (secondary N) is 5. The molecular weight excluding hydrogens is 1110 g/mol. The van der Waals surface area contributed by atoms with Crippen molar-refractivity contribution in [3.05, 3.63) is 144 Å². The first-order chi connectivity index (χ1) is 38.9. The number of carbonyl (C=O) groups is 6. The Morgan fingerprint density at radius 2 is 0.771 bits per heavy atom. The van der Waals surface area contributed by atoms with Crippen molar-refractivity contribution in [3.63, 3.8) is 0 Å². The third kappa shape index (κ3) is 34.3. The molecule has 5 amide bonds. The van der Waals surface area contributed by atoms with Crippen LogP contribution in [0.2, 0.25) is 0 Å². The average molecular weight is 1200 g/mol. The summed E-state index contributed by atoms with van der Waals surface area (Å²) in [5.74, 6) is -2.68. The summed E-state index contributed by atoms with van der Waals surface area (Å²) in [7, 11) is -7.02. The summed E-state index contributed by atoms with van der Waals surface area (Å²) in [5, 5.41) is 22.8. The van der Waals surface area contributed by atoms with Gasteiger partial charge in [-0.2, -0.15) is 16.8 Å². The molecule has 0 aromatic heterocycles. The number of hydrogen-bond donors (Lipinski definition) is 7. The highest BCUT2D eigenvalue weighted by Gasteiger charge is 2.31. The van der Waals surface area contributed by atoms with Gasteiger partial charge in [-0.25, -0.2) is 14.4 Å². The number of aliphatic carboxylic acids is 1. The normalized spacial score (nSPS) is 13.0. The van der Waals surface area contributed by atoms with Gasteiger partial charge in [0.05, 0.1) is 24.7 Å². The Kier molecular flexibility index (Phi) is 31.8. The molecule has 460 valence electrons. The molecule has 4 rings (SSSR count). The number of carboxylic acid groups (broad SMARTS) is 1. The topological polar surface area (TPSA) is 314 Å². The van der Waals surface area contributed by atoms with E-state index in [0.29, 0.717) is 13.0 Å². The quantitative estimate of drug-likeness (QED) is 0.0222. The molecule has 0 bridgehead atoms. The first-order valence-corrected chi connectivity index (χ1v) is 30.7. The van der Waals surface area contributed by atoms with Crippen molar-refractivity contribution in [2.75, 3.05) is 37.8 Å². The predicted octanol–water partition coefficient (Wildman–Crippen LogP) is 6.63. The molecular formula is C60H88N6O15S2. The number of amides is 5. The van der Waals surface area contributed by atoms with Gasteiger partial charge in [0.2, 0.25) is 17.7 Å². The van der Waals surface area contributed by atoms with Crippen molar-refractivity contribution in [2.45, 2.75) is 143 Å². The van der Waals surface area contributed by atoms with Gasteiger partial charge in [-0.15, -0.1) is 0 Å². The Morgan fingerprint density at radius 3 is 1.07 bits per heavy atom. The van der Waals surface area contributed by atoms with Crippen molar-refractivity contribution in [1.82, 2.24) is 26.6 Å².